The van der Waals surface area contributed by atoms with Crippen LogP contribution < -0.4 is 4.90 Å². The topological polar surface area (TPSA) is 40.5 Å². The normalized spacial score (nSPS) is 18.8. The van der Waals surface area contributed by atoms with E-state index in [9.17, 15) is 5.11 Å². The van der Waals surface area contributed by atoms with Gasteiger partial charge in [0.1, 0.15) is 19.2 Å². The van der Waals surface area contributed by atoms with Gasteiger partial charge in [0.25, 0.3) is 0 Å². The van der Waals surface area contributed by atoms with Gasteiger partial charge in [-0.1, -0.05) is 42.5 Å². The molecular formula is C20H23N2O+. The molecule has 4 rings (SSSR count). The zero-order valence-electron chi connectivity index (χ0n) is 13.5. The molecule has 23 heavy (non-hydrogen) atoms. The van der Waals surface area contributed by atoms with Crippen LogP contribution in [0.5, 0.6) is 0 Å². The standard InChI is InChI=1S/C20H22N2O/c1-14-20(17-8-4-5-9-18(17)21-14)19(23)13-22-11-10-15-6-2-3-7-16(15)12-22/h2-9,19,21,23H,10-13H2,1H3/p+1/t19-/m0/s1. The van der Waals surface area contributed by atoms with Crippen molar-refractivity contribution in [2.75, 3.05) is 13.1 Å². The molecule has 0 spiro atoms. The molecule has 1 aromatic heterocycles. The first kappa shape index (κ1) is 14.5. The summed E-state index contributed by atoms with van der Waals surface area (Å²) in [6.07, 6.45) is 0.678. The van der Waals surface area contributed by atoms with E-state index in [-0.39, 0.29) is 0 Å². The Balaban J connectivity index is 1.56. The van der Waals surface area contributed by atoms with Gasteiger partial charge in [0.05, 0.1) is 6.54 Å². The number of hydrogen-bond donors (Lipinski definition) is 3. The maximum absolute atomic E-state index is 10.8. The molecular weight excluding hydrogens is 284 g/mol. The molecule has 3 heteroatoms. The van der Waals surface area contributed by atoms with Gasteiger partial charge in [-0.05, 0) is 18.6 Å². The number of benzene rings is 2. The lowest BCUT2D eigenvalue weighted by molar-refractivity contribution is -0.919. The van der Waals surface area contributed by atoms with Crippen molar-refractivity contribution in [2.24, 2.45) is 0 Å². The van der Waals surface area contributed by atoms with Gasteiger partial charge in [0.2, 0.25) is 0 Å². The number of nitrogens with one attached hydrogen (secondary N) is 2. The van der Waals surface area contributed by atoms with E-state index in [1.165, 1.54) is 16.0 Å². The highest BCUT2D eigenvalue weighted by Crippen LogP contribution is 2.27. The minimum atomic E-state index is -0.425. The van der Waals surface area contributed by atoms with E-state index >= 15 is 0 Å². The molecule has 0 aliphatic carbocycles. The Morgan fingerprint density at radius 2 is 1.83 bits per heavy atom. The summed E-state index contributed by atoms with van der Waals surface area (Å²) in [7, 11) is 0. The van der Waals surface area contributed by atoms with E-state index < -0.39 is 6.10 Å². The average molecular weight is 307 g/mol. The number of hydrogen-bond acceptors (Lipinski definition) is 1. The lowest BCUT2D eigenvalue weighted by Gasteiger charge is -2.27. The smallest absolute Gasteiger partial charge is 0.130 e. The molecule has 0 fully saturated rings. The number of para-hydroxylation sites is 1. The third-order valence-corrected chi connectivity index (χ3v) is 5.07. The second-order valence-corrected chi connectivity index (χ2v) is 6.62. The maximum Gasteiger partial charge on any atom is 0.130 e. The molecule has 2 atom stereocenters. The number of aliphatic hydroxyl groups is 1. The number of aromatic amines is 1. The molecule has 3 nitrogen and oxygen atoms in total. The van der Waals surface area contributed by atoms with Crippen LogP contribution in [-0.2, 0) is 13.0 Å². The first-order valence-corrected chi connectivity index (χ1v) is 8.38. The highest BCUT2D eigenvalue weighted by molar-refractivity contribution is 5.84. The minimum Gasteiger partial charge on any atom is -0.382 e. The summed E-state index contributed by atoms with van der Waals surface area (Å²) in [6, 6.07) is 16.9. The fourth-order valence-electron chi connectivity index (χ4n) is 3.92. The highest BCUT2D eigenvalue weighted by atomic mass is 16.3. The first-order valence-electron chi connectivity index (χ1n) is 8.38. The third-order valence-electron chi connectivity index (χ3n) is 5.07. The summed E-state index contributed by atoms with van der Waals surface area (Å²) < 4.78 is 0. The molecule has 3 aromatic rings. The fourth-order valence-corrected chi connectivity index (χ4v) is 3.92. The van der Waals surface area contributed by atoms with Crippen molar-refractivity contribution in [1.82, 2.24) is 4.98 Å². The summed E-state index contributed by atoms with van der Waals surface area (Å²) in [5.74, 6) is 0. The number of rotatable bonds is 3. The summed E-state index contributed by atoms with van der Waals surface area (Å²) in [4.78, 5) is 4.85. The van der Waals surface area contributed by atoms with Crippen molar-refractivity contribution >= 4 is 10.9 Å². The Hall–Kier alpha value is -2.10. The Bertz CT molecular complexity index is 837. The van der Waals surface area contributed by atoms with E-state index in [4.69, 9.17) is 0 Å². The van der Waals surface area contributed by atoms with Crippen molar-refractivity contribution in [3.05, 3.63) is 70.9 Å². The SMILES string of the molecule is Cc1[nH]c2ccccc2c1[C@@H](O)C[NH+]1CCc2ccccc2C1. The zero-order chi connectivity index (χ0) is 15.8. The predicted molar refractivity (Wildman–Crippen MR) is 92.5 cm³/mol. The lowest BCUT2D eigenvalue weighted by Crippen LogP contribution is -3.12. The molecule has 2 aromatic carbocycles. The molecule has 1 aliphatic rings. The Morgan fingerprint density at radius 3 is 2.70 bits per heavy atom. The van der Waals surface area contributed by atoms with Crippen LogP contribution >= 0.6 is 0 Å². The molecule has 1 aliphatic heterocycles. The van der Waals surface area contributed by atoms with Crippen molar-refractivity contribution in [3.63, 3.8) is 0 Å². The molecule has 0 radical (unpaired) electrons. The quantitative estimate of drug-likeness (QED) is 0.682. The molecule has 0 saturated carbocycles. The van der Waals surface area contributed by atoms with Crippen LogP contribution in [0.25, 0.3) is 10.9 Å². The average Bonchev–Trinajstić information content (AvgIpc) is 2.90. The molecule has 1 unspecified atom stereocenters. The summed E-state index contributed by atoms with van der Waals surface area (Å²) >= 11 is 0. The van der Waals surface area contributed by atoms with Gasteiger partial charge in [0, 0.05) is 34.1 Å². The van der Waals surface area contributed by atoms with Crippen molar-refractivity contribution in [3.8, 4) is 0 Å². The molecule has 2 heterocycles. The number of aryl methyl sites for hydroxylation is 1. The van der Waals surface area contributed by atoms with Crippen LogP contribution in [-0.4, -0.2) is 23.2 Å². The maximum atomic E-state index is 10.8. The minimum absolute atomic E-state index is 0.425. The second kappa shape index (κ2) is 5.84. The summed E-state index contributed by atoms with van der Waals surface area (Å²) in [5, 5.41) is 12.0. The second-order valence-electron chi connectivity index (χ2n) is 6.62. The van der Waals surface area contributed by atoms with Crippen LogP contribution in [0, 0.1) is 6.92 Å². The van der Waals surface area contributed by atoms with Crippen molar-refractivity contribution < 1.29 is 10.0 Å². The van der Waals surface area contributed by atoms with Gasteiger partial charge in [-0.3, -0.25) is 0 Å². The van der Waals surface area contributed by atoms with Crippen LogP contribution in [0.15, 0.2) is 48.5 Å². The number of aromatic nitrogens is 1. The number of H-pyrrole nitrogens is 1. The van der Waals surface area contributed by atoms with Crippen LogP contribution in [0.1, 0.15) is 28.5 Å². The van der Waals surface area contributed by atoms with Crippen LogP contribution in [0.3, 0.4) is 0 Å². The largest absolute Gasteiger partial charge is 0.382 e. The Kier molecular flexibility index (Phi) is 3.68. The zero-order valence-corrected chi connectivity index (χ0v) is 13.5. The fraction of sp³-hybridized carbons (Fsp3) is 0.300. The number of aliphatic hydroxyl groups excluding tert-OH is 1. The van der Waals surface area contributed by atoms with Crippen molar-refractivity contribution in [2.45, 2.75) is 26.0 Å². The van der Waals surface area contributed by atoms with Gasteiger partial charge < -0.3 is 15.0 Å². The van der Waals surface area contributed by atoms with E-state index in [2.05, 4.69) is 48.3 Å². The van der Waals surface area contributed by atoms with Gasteiger partial charge in [-0.2, -0.15) is 0 Å². The van der Waals surface area contributed by atoms with Crippen molar-refractivity contribution in [1.29, 1.82) is 0 Å². The molecule has 3 N–H and O–H groups in total. The van der Waals surface area contributed by atoms with E-state index in [0.29, 0.717) is 0 Å². The van der Waals surface area contributed by atoms with Gasteiger partial charge in [0.15, 0.2) is 0 Å². The molecule has 118 valence electrons. The molecule has 0 saturated heterocycles. The monoisotopic (exact) mass is 307 g/mol. The summed E-state index contributed by atoms with van der Waals surface area (Å²) in [5.41, 5.74) is 6.14. The first-order chi connectivity index (χ1) is 11.2. The third kappa shape index (κ3) is 2.67. The van der Waals surface area contributed by atoms with Gasteiger partial charge >= 0.3 is 0 Å². The van der Waals surface area contributed by atoms with Gasteiger partial charge in [-0.15, -0.1) is 0 Å². The van der Waals surface area contributed by atoms with E-state index in [1.807, 2.05) is 12.1 Å². The lowest BCUT2D eigenvalue weighted by atomic mass is 9.98. The van der Waals surface area contributed by atoms with E-state index in [0.717, 1.165) is 48.2 Å². The number of quaternary nitrogens is 1. The molecule has 0 amide bonds. The molecule has 0 bridgehead atoms. The van der Waals surface area contributed by atoms with Crippen LogP contribution in [0.4, 0.5) is 0 Å². The highest BCUT2D eigenvalue weighted by Gasteiger charge is 2.25. The van der Waals surface area contributed by atoms with Gasteiger partial charge in [-0.25, -0.2) is 0 Å². The van der Waals surface area contributed by atoms with Crippen LogP contribution in [0.2, 0.25) is 0 Å². The predicted octanol–water partition coefficient (Wildman–Crippen LogP) is 2.15. The Morgan fingerprint density at radius 1 is 1.09 bits per heavy atom. The summed E-state index contributed by atoms with van der Waals surface area (Å²) in [6.45, 7) is 4.92. The number of fused-ring (bicyclic) bond motifs is 2. The Labute approximate surface area is 136 Å². The van der Waals surface area contributed by atoms with E-state index in [1.54, 1.807) is 0 Å².